The molecular formula is C26H32O6. The normalized spacial score (nSPS) is 11.5. The summed E-state index contributed by atoms with van der Waals surface area (Å²) in [5, 5.41) is 9.34. The van der Waals surface area contributed by atoms with Gasteiger partial charge in [-0.05, 0) is 94.5 Å². The van der Waals surface area contributed by atoms with Crippen molar-refractivity contribution in [3.05, 3.63) is 57.2 Å². The molecule has 0 aromatic heterocycles. The number of carbonyl (C=O) groups is 2. The number of hydrogen-bond acceptors (Lipinski definition) is 5. The van der Waals surface area contributed by atoms with Crippen LogP contribution >= 0.6 is 0 Å². The maximum absolute atomic E-state index is 13.1. The van der Waals surface area contributed by atoms with E-state index in [2.05, 4.69) is 0 Å². The van der Waals surface area contributed by atoms with Crippen LogP contribution < -0.4 is 14.2 Å². The first-order chi connectivity index (χ1) is 14.8. The van der Waals surface area contributed by atoms with Crippen LogP contribution in [-0.2, 0) is 4.79 Å². The summed E-state index contributed by atoms with van der Waals surface area (Å²) in [5.74, 6) is 0.511. The lowest BCUT2D eigenvalue weighted by molar-refractivity contribution is -0.152. The predicted molar refractivity (Wildman–Crippen MR) is 125 cm³/mol. The van der Waals surface area contributed by atoms with Crippen molar-refractivity contribution in [1.82, 2.24) is 0 Å². The molecule has 6 nitrogen and oxygen atoms in total. The summed E-state index contributed by atoms with van der Waals surface area (Å²) in [5.41, 5.74) is 4.03. The molecular weight excluding hydrogens is 408 g/mol. The number of carboxylic acids is 1. The van der Waals surface area contributed by atoms with Crippen molar-refractivity contribution in [3.8, 4) is 17.2 Å². The van der Waals surface area contributed by atoms with Gasteiger partial charge in [0, 0.05) is 5.56 Å². The average Bonchev–Trinajstić information content (AvgIpc) is 2.71. The van der Waals surface area contributed by atoms with E-state index >= 15 is 0 Å². The van der Waals surface area contributed by atoms with Gasteiger partial charge in [-0.2, -0.15) is 0 Å². The quantitative estimate of drug-likeness (QED) is 0.438. The van der Waals surface area contributed by atoms with Crippen LogP contribution in [0.1, 0.15) is 57.6 Å². The molecule has 0 aliphatic heterocycles. The second-order valence-electron chi connectivity index (χ2n) is 8.42. The minimum atomic E-state index is -1.35. The lowest BCUT2D eigenvalue weighted by Crippen LogP contribution is -2.38. The van der Waals surface area contributed by atoms with Gasteiger partial charge in [0.1, 0.15) is 17.2 Å². The summed E-state index contributed by atoms with van der Waals surface area (Å²) in [7, 11) is 3.14. The topological polar surface area (TPSA) is 82.1 Å². The fraction of sp³-hybridized carbons (Fsp3) is 0.385. The van der Waals surface area contributed by atoms with Crippen LogP contribution in [0.2, 0.25) is 0 Å². The zero-order valence-electron chi connectivity index (χ0n) is 20.3. The number of aryl methyl sites for hydroxylation is 2. The van der Waals surface area contributed by atoms with E-state index in [1.807, 2.05) is 46.8 Å². The van der Waals surface area contributed by atoms with Crippen molar-refractivity contribution in [2.75, 3.05) is 14.2 Å². The zero-order chi connectivity index (χ0) is 24.4. The number of methoxy groups -OCH3 is 2. The third-order valence-corrected chi connectivity index (χ3v) is 5.62. The average molecular weight is 441 g/mol. The number of ketones is 1. The first-order valence-corrected chi connectivity index (χ1v) is 10.3. The van der Waals surface area contributed by atoms with E-state index in [1.165, 1.54) is 19.9 Å². The lowest BCUT2D eigenvalue weighted by atomic mass is 9.94. The van der Waals surface area contributed by atoms with Gasteiger partial charge in [0.15, 0.2) is 11.4 Å². The molecule has 1 N–H and O–H groups in total. The van der Waals surface area contributed by atoms with Gasteiger partial charge in [-0.25, -0.2) is 4.79 Å². The molecule has 0 heterocycles. The molecule has 0 fully saturated rings. The van der Waals surface area contributed by atoms with E-state index in [1.54, 1.807) is 20.3 Å². The van der Waals surface area contributed by atoms with Crippen molar-refractivity contribution < 1.29 is 28.9 Å². The monoisotopic (exact) mass is 440 g/mol. The molecule has 0 amide bonds. The van der Waals surface area contributed by atoms with E-state index in [4.69, 9.17) is 14.2 Å². The van der Waals surface area contributed by atoms with Crippen LogP contribution in [0.3, 0.4) is 0 Å². The van der Waals surface area contributed by atoms with Crippen molar-refractivity contribution in [2.24, 2.45) is 0 Å². The fourth-order valence-electron chi connectivity index (χ4n) is 3.75. The van der Waals surface area contributed by atoms with Crippen molar-refractivity contribution in [3.63, 3.8) is 0 Å². The summed E-state index contributed by atoms with van der Waals surface area (Å²) < 4.78 is 16.8. The van der Waals surface area contributed by atoms with E-state index in [0.717, 1.165) is 33.4 Å². The van der Waals surface area contributed by atoms with Crippen molar-refractivity contribution in [2.45, 2.75) is 54.1 Å². The Morgan fingerprint density at radius 3 is 1.81 bits per heavy atom. The Morgan fingerprint density at radius 1 is 0.844 bits per heavy atom. The van der Waals surface area contributed by atoms with Crippen LogP contribution in [0.15, 0.2) is 18.2 Å². The van der Waals surface area contributed by atoms with Gasteiger partial charge in [0.05, 0.1) is 19.8 Å². The van der Waals surface area contributed by atoms with Crippen LogP contribution in [0, 0.1) is 34.6 Å². The van der Waals surface area contributed by atoms with Crippen LogP contribution in [0.25, 0.3) is 6.08 Å². The third kappa shape index (κ3) is 4.79. The van der Waals surface area contributed by atoms with E-state index in [9.17, 15) is 14.7 Å². The Bertz CT molecular complexity index is 1070. The summed E-state index contributed by atoms with van der Waals surface area (Å²) >= 11 is 0. The lowest BCUT2D eigenvalue weighted by Gasteiger charge is -2.24. The molecule has 2 rings (SSSR count). The predicted octanol–water partition coefficient (Wildman–Crippen LogP) is 5.38. The molecule has 0 radical (unpaired) electrons. The molecule has 0 aliphatic rings. The van der Waals surface area contributed by atoms with Crippen molar-refractivity contribution in [1.29, 1.82) is 0 Å². The first-order valence-electron chi connectivity index (χ1n) is 10.3. The number of rotatable bonds is 8. The Labute approximate surface area is 189 Å². The fourth-order valence-corrected chi connectivity index (χ4v) is 3.75. The summed E-state index contributed by atoms with van der Waals surface area (Å²) in [4.78, 5) is 24.5. The van der Waals surface area contributed by atoms with E-state index in [-0.39, 0.29) is 5.78 Å². The number of benzene rings is 2. The molecule has 2 aromatic rings. The highest BCUT2D eigenvalue weighted by molar-refractivity contribution is 6.10. The summed E-state index contributed by atoms with van der Waals surface area (Å²) in [6, 6.07) is 3.71. The van der Waals surface area contributed by atoms with E-state index < -0.39 is 11.6 Å². The molecule has 0 spiro atoms. The van der Waals surface area contributed by atoms with Gasteiger partial charge >= 0.3 is 5.97 Å². The molecule has 6 heteroatoms. The van der Waals surface area contributed by atoms with Gasteiger partial charge in [0.25, 0.3) is 0 Å². The molecule has 0 aliphatic carbocycles. The molecule has 0 atom stereocenters. The number of carbonyl (C=O) groups excluding carboxylic acids is 1. The van der Waals surface area contributed by atoms with Gasteiger partial charge in [0.2, 0.25) is 0 Å². The SMILES string of the molecule is COc1c(C)c(C)c(OC)c(C(=O)C=Cc2cc(C)c(OC(C)(C)C(=O)O)c(C)c2)c1C. The largest absolute Gasteiger partial charge is 0.496 e. The summed E-state index contributed by atoms with van der Waals surface area (Å²) in [6.07, 6.45) is 3.24. The zero-order valence-corrected chi connectivity index (χ0v) is 20.3. The van der Waals surface area contributed by atoms with Crippen molar-refractivity contribution >= 4 is 17.8 Å². The standard InChI is InChI=1S/C26H32O6/c1-14-12-19(13-15(2)22(14)32-26(6,7)25(28)29)10-11-20(27)21-18(5)23(30-8)16(3)17(4)24(21)31-9/h10-13H,1-9H3,(H,28,29). The highest BCUT2D eigenvalue weighted by Gasteiger charge is 2.30. The molecule has 32 heavy (non-hydrogen) atoms. The Morgan fingerprint density at radius 2 is 1.34 bits per heavy atom. The summed E-state index contributed by atoms with van der Waals surface area (Å²) in [6.45, 7) is 12.4. The number of aliphatic carboxylic acids is 1. The van der Waals surface area contributed by atoms with Gasteiger partial charge in [-0.15, -0.1) is 0 Å². The number of carboxylic acid groups (broad SMARTS) is 1. The minimum Gasteiger partial charge on any atom is -0.496 e. The highest BCUT2D eigenvalue weighted by Crippen LogP contribution is 2.38. The maximum Gasteiger partial charge on any atom is 0.347 e. The second-order valence-corrected chi connectivity index (χ2v) is 8.42. The Kier molecular flexibility index (Phi) is 7.39. The molecule has 2 aromatic carbocycles. The van der Waals surface area contributed by atoms with Gasteiger partial charge in [-0.1, -0.05) is 6.08 Å². The van der Waals surface area contributed by atoms with Crippen LogP contribution in [0.4, 0.5) is 0 Å². The van der Waals surface area contributed by atoms with Crippen LogP contribution in [-0.4, -0.2) is 36.7 Å². The molecule has 0 bridgehead atoms. The minimum absolute atomic E-state index is 0.191. The van der Waals surface area contributed by atoms with Gasteiger partial charge < -0.3 is 19.3 Å². The Balaban J connectivity index is 2.44. The molecule has 0 saturated carbocycles. The van der Waals surface area contributed by atoms with E-state index in [0.29, 0.717) is 22.8 Å². The maximum atomic E-state index is 13.1. The number of hydrogen-bond donors (Lipinski definition) is 1. The smallest absolute Gasteiger partial charge is 0.347 e. The molecule has 172 valence electrons. The second kappa shape index (κ2) is 9.47. The molecule has 0 saturated heterocycles. The molecule has 0 unspecified atom stereocenters. The number of ether oxygens (including phenoxy) is 3. The number of allylic oxidation sites excluding steroid dienone is 1. The van der Waals surface area contributed by atoms with Crippen LogP contribution in [0.5, 0.6) is 17.2 Å². The third-order valence-electron chi connectivity index (χ3n) is 5.62. The first kappa shape index (κ1) is 25.0. The highest BCUT2D eigenvalue weighted by atomic mass is 16.5. The van der Waals surface area contributed by atoms with Gasteiger partial charge in [-0.3, -0.25) is 4.79 Å². The Hall–Kier alpha value is -3.28.